The van der Waals surface area contributed by atoms with Crippen molar-refractivity contribution in [1.29, 1.82) is 0 Å². The Kier molecular flexibility index (Phi) is 3.90. The maximum Gasteiger partial charge on any atom is 0.0294 e. The summed E-state index contributed by atoms with van der Waals surface area (Å²) in [7, 11) is 0. The van der Waals surface area contributed by atoms with Crippen molar-refractivity contribution in [1.82, 2.24) is 0 Å². The lowest BCUT2D eigenvalue weighted by molar-refractivity contribution is 1.28. The van der Waals surface area contributed by atoms with Crippen LogP contribution < -0.4 is 0 Å². The van der Waals surface area contributed by atoms with Crippen LogP contribution in [0.25, 0.3) is 10.8 Å². The van der Waals surface area contributed by atoms with Gasteiger partial charge in [0.2, 0.25) is 0 Å². The summed E-state index contributed by atoms with van der Waals surface area (Å²) in [6, 6.07) is 23.6. The predicted octanol–water partition coefficient (Wildman–Crippen LogP) is 5.89. The van der Waals surface area contributed by atoms with Gasteiger partial charge in [-0.1, -0.05) is 82.3 Å². The van der Waals surface area contributed by atoms with Gasteiger partial charge in [-0.2, -0.15) is 0 Å². The third kappa shape index (κ3) is 2.70. The van der Waals surface area contributed by atoms with E-state index < -0.39 is 0 Å². The molecule has 0 amide bonds. The van der Waals surface area contributed by atoms with Gasteiger partial charge in [0.15, 0.2) is 0 Å². The molecule has 3 aromatic rings. The van der Waals surface area contributed by atoms with E-state index in [9.17, 15) is 0 Å². The number of halogens is 1. The van der Waals surface area contributed by atoms with Gasteiger partial charge in [0.25, 0.3) is 0 Å². The molecule has 0 nitrogen and oxygen atoms in total. The number of benzene rings is 3. The minimum Gasteiger partial charge on any atom is -0.0891 e. The number of hydrogen-bond acceptors (Lipinski definition) is 1. The summed E-state index contributed by atoms with van der Waals surface area (Å²) in [5, 5.41) is 3.50. The van der Waals surface area contributed by atoms with E-state index in [0.29, 0.717) is 0 Å². The van der Waals surface area contributed by atoms with E-state index in [4.69, 9.17) is 0 Å². The molecule has 3 aromatic carbocycles. The monoisotopic (exact) mass is 328 g/mol. The summed E-state index contributed by atoms with van der Waals surface area (Å²) < 4.78 is 0. The van der Waals surface area contributed by atoms with Crippen molar-refractivity contribution in [3.05, 3.63) is 72.3 Å². The highest BCUT2D eigenvalue weighted by Gasteiger charge is 2.05. The van der Waals surface area contributed by atoms with Crippen LogP contribution in [-0.4, -0.2) is 0 Å². The lowest BCUT2D eigenvalue weighted by atomic mass is 10.1. The van der Waals surface area contributed by atoms with Crippen molar-refractivity contribution in [2.45, 2.75) is 15.1 Å². The van der Waals surface area contributed by atoms with E-state index in [1.807, 2.05) is 11.8 Å². The molecular weight excluding hydrogens is 316 g/mol. The minimum atomic E-state index is 0.890. The molecule has 0 aromatic heterocycles. The average molecular weight is 329 g/mol. The number of alkyl halides is 1. The van der Waals surface area contributed by atoms with E-state index in [0.717, 1.165) is 5.33 Å². The van der Waals surface area contributed by atoms with E-state index >= 15 is 0 Å². The van der Waals surface area contributed by atoms with Crippen molar-refractivity contribution in [2.75, 3.05) is 0 Å². The fourth-order valence-electron chi connectivity index (χ4n) is 2.12. The van der Waals surface area contributed by atoms with Crippen LogP contribution in [0.3, 0.4) is 0 Å². The van der Waals surface area contributed by atoms with Crippen LogP contribution in [0.15, 0.2) is 76.5 Å². The molecule has 0 heterocycles. The van der Waals surface area contributed by atoms with Gasteiger partial charge in [-0.25, -0.2) is 0 Å². The molecule has 0 fully saturated rings. The molecular formula is C17H13BrS. The topological polar surface area (TPSA) is 0 Å². The zero-order valence-electron chi connectivity index (χ0n) is 10.3. The van der Waals surface area contributed by atoms with Crippen LogP contribution in [0.1, 0.15) is 5.56 Å². The van der Waals surface area contributed by atoms with Crippen LogP contribution in [0.4, 0.5) is 0 Å². The average Bonchev–Trinajstić information content (AvgIpc) is 2.48. The Morgan fingerprint density at radius 2 is 1.42 bits per heavy atom. The van der Waals surface area contributed by atoms with Crippen molar-refractivity contribution < 1.29 is 0 Å². The summed E-state index contributed by atoms with van der Waals surface area (Å²) in [6.45, 7) is 0. The SMILES string of the molecule is BrCc1ccccc1Sc1cccc2ccccc12. The van der Waals surface area contributed by atoms with E-state index in [-0.39, 0.29) is 0 Å². The first kappa shape index (κ1) is 12.8. The van der Waals surface area contributed by atoms with Gasteiger partial charge >= 0.3 is 0 Å². The quantitative estimate of drug-likeness (QED) is 0.540. The van der Waals surface area contributed by atoms with Gasteiger partial charge < -0.3 is 0 Å². The number of hydrogen-bond donors (Lipinski definition) is 0. The van der Waals surface area contributed by atoms with Crippen LogP contribution >= 0.6 is 27.7 Å². The molecule has 0 spiro atoms. The van der Waals surface area contributed by atoms with Crippen LogP contribution in [0, 0.1) is 0 Å². The first-order chi connectivity index (χ1) is 9.38. The molecule has 3 rings (SSSR count). The standard InChI is InChI=1S/C17H13BrS/c18-12-14-7-2-4-10-16(14)19-17-11-5-8-13-6-1-3-9-15(13)17/h1-11H,12H2. The number of rotatable bonds is 3. The van der Waals surface area contributed by atoms with Gasteiger partial charge in [-0.15, -0.1) is 0 Å². The molecule has 0 N–H and O–H groups in total. The Balaban J connectivity index is 2.06. The molecule has 0 radical (unpaired) electrons. The second-order valence-corrected chi connectivity index (χ2v) is 5.97. The fraction of sp³-hybridized carbons (Fsp3) is 0.0588. The molecule has 0 saturated carbocycles. The molecule has 0 unspecified atom stereocenters. The van der Waals surface area contributed by atoms with E-state index in [1.54, 1.807) is 0 Å². The Morgan fingerprint density at radius 1 is 0.737 bits per heavy atom. The van der Waals surface area contributed by atoms with E-state index in [2.05, 4.69) is 82.7 Å². The van der Waals surface area contributed by atoms with E-state index in [1.165, 1.54) is 26.1 Å². The highest BCUT2D eigenvalue weighted by Crippen LogP contribution is 2.35. The van der Waals surface area contributed by atoms with Gasteiger partial charge in [0, 0.05) is 15.1 Å². The Morgan fingerprint density at radius 3 is 2.32 bits per heavy atom. The molecule has 0 aliphatic rings. The van der Waals surface area contributed by atoms with Crippen molar-refractivity contribution >= 4 is 38.5 Å². The van der Waals surface area contributed by atoms with Crippen LogP contribution in [-0.2, 0) is 5.33 Å². The van der Waals surface area contributed by atoms with Crippen molar-refractivity contribution in [2.24, 2.45) is 0 Å². The zero-order valence-corrected chi connectivity index (χ0v) is 12.7. The molecule has 94 valence electrons. The highest BCUT2D eigenvalue weighted by molar-refractivity contribution is 9.08. The minimum absolute atomic E-state index is 0.890. The van der Waals surface area contributed by atoms with Crippen LogP contribution in [0.2, 0.25) is 0 Å². The summed E-state index contributed by atoms with van der Waals surface area (Å²) in [4.78, 5) is 2.63. The molecule has 0 bridgehead atoms. The maximum atomic E-state index is 3.56. The Hall–Kier alpha value is -1.25. The largest absolute Gasteiger partial charge is 0.0891 e. The second-order valence-electron chi connectivity index (χ2n) is 4.32. The second kappa shape index (κ2) is 5.81. The maximum absolute atomic E-state index is 3.56. The molecule has 0 aliphatic heterocycles. The fourth-order valence-corrected chi connectivity index (χ4v) is 3.89. The molecule has 19 heavy (non-hydrogen) atoms. The first-order valence-corrected chi connectivity index (χ1v) is 8.12. The molecule has 0 aliphatic carbocycles. The molecule has 0 saturated heterocycles. The van der Waals surface area contributed by atoms with Gasteiger partial charge in [0.05, 0.1) is 0 Å². The summed E-state index contributed by atoms with van der Waals surface area (Å²) >= 11 is 5.40. The Labute approximate surface area is 126 Å². The van der Waals surface area contributed by atoms with Crippen molar-refractivity contribution in [3.8, 4) is 0 Å². The Bertz CT molecular complexity index is 701. The van der Waals surface area contributed by atoms with Crippen molar-refractivity contribution in [3.63, 3.8) is 0 Å². The summed E-state index contributed by atoms with van der Waals surface area (Å²) in [5.74, 6) is 0. The highest BCUT2D eigenvalue weighted by atomic mass is 79.9. The lowest BCUT2D eigenvalue weighted by Gasteiger charge is -2.09. The summed E-state index contributed by atoms with van der Waals surface area (Å²) in [5.41, 5.74) is 1.33. The lowest BCUT2D eigenvalue weighted by Crippen LogP contribution is -1.83. The number of fused-ring (bicyclic) bond motifs is 1. The first-order valence-electron chi connectivity index (χ1n) is 6.18. The van der Waals surface area contributed by atoms with Gasteiger partial charge in [0.1, 0.15) is 0 Å². The molecule has 2 heteroatoms. The normalized spacial score (nSPS) is 10.8. The molecule has 0 atom stereocenters. The van der Waals surface area contributed by atoms with Crippen LogP contribution in [0.5, 0.6) is 0 Å². The zero-order chi connectivity index (χ0) is 13.1. The van der Waals surface area contributed by atoms with Gasteiger partial charge in [-0.3, -0.25) is 0 Å². The third-order valence-corrected chi connectivity index (χ3v) is 4.88. The predicted molar refractivity (Wildman–Crippen MR) is 87.1 cm³/mol. The third-order valence-electron chi connectivity index (χ3n) is 3.09. The summed E-state index contributed by atoms with van der Waals surface area (Å²) in [6.07, 6.45) is 0. The van der Waals surface area contributed by atoms with Gasteiger partial charge in [-0.05, 0) is 28.5 Å². The smallest absolute Gasteiger partial charge is 0.0294 e.